The van der Waals surface area contributed by atoms with Crippen LogP contribution < -0.4 is 0 Å². The Hall–Kier alpha value is -1.38. The smallest absolute Gasteiger partial charge is 0.235 e. The summed E-state index contributed by atoms with van der Waals surface area (Å²) in [4.78, 5) is 14.0. The lowest BCUT2D eigenvalue weighted by Gasteiger charge is -2.37. The van der Waals surface area contributed by atoms with E-state index in [9.17, 15) is 14.3 Å². The zero-order valence-corrected chi connectivity index (χ0v) is 9.09. The van der Waals surface area contributed by atoms with Crippen LogP contribution in [0.1, 0.15) is 24.8 Å². The van der Waals surface area contributed by atoms with E-state index in [4.69, 9.17) is 11.6 Å². The van der Waals surface area contributed by atoms with E-state index in [-0.39, 0.29) is 16.3 Å². The molecule has 1 fully saturated rings. The number of nitrogens with zero attached hydrogens (tertiary/aromatic N) is 1. The molecule has 0 aliphatic heterocycles. The van der Waals surface area contributed by atoms with Crippen LogP contribution in [0.25, 0.3) is 0 Å². The first-order valence-electron chi connectivity index (χ1n) is 4.87. The highest BCUT2D eigenvalue weighted by molar-refractivity contribution is 6.32. The van der Waals surface area contributed by atoms with Crippen molar-refractivity contribution in [3.05, 3.63) is 28.5 Å². The highest BCUT2D eigenvalue weighted by atomic mass is 35.5. The van der Waals surface area contributed by atoms with E-state index in [0.29, 0.717) is 12.8 Å². The van der Waals surface area contributed by atoms with Gasteiger partial charge in [-0.25, -0.2) is 9.18 Å². The molecule has 1 saturated carbocycles. The molecule has 1 N–H and O–H groups in total. The minimum Gasteiger partial charge on any atom is -0.506 e. The van der Waals surface area contributed by atoms with Crippen LogP contribution in [-0.2, 0) is 10.3 Å². The number of isocyanates is 1. The Morgan fingerprint density at radius 3 is 2.69 bits per heavy atom. The molecule has 1 aromatic rings. The first-order valence-corrected chi connectivity index (χ1v) is 5.25. The standard InChI is InChI=1S/C11H9ClFNO2/c12-9-8(16)3-2-7(10(9)13)11(14-6-15)4-1-5-11/h2-3,16H,1,4-5H2. The fourth-order valence-electron chi connectivity index (χ4n) is 1.94. The van der Waals surface area contributed by atoms with Gasteiger partial charge in [-0.2, -0.15) is 4.99 Å². The summed E-state index contributed by atoms with van der Waals surface area (Å²) in [6.07, 6.45) is 3.55. The third-order valence-corrected chi connectivity index (χ3v) is 3.36. The van der Waals surface area contributed by atoms with E-state index in [1.807, 2.05) is 0 Å². The number of benzene rings is 1. The summed E-state index contributed by atoms with van der Waals surface area (Å²) in [5, 5.41) is 8.90. The van der Waals surface area contributed by atoms with Crippen LogP contribution >= 0.6 is 11.6 Å². The third-order valence-electron chi connectivity index (χ3n) is 3.00. The molecule has 1 aliphatic carbocycles. The van der Waals surface area contributed by atoms with Crippen LogP contribution in [0.5, 0.6) is 5.75 Å². The average molecular weight is 242 g/mol. The fourth-order valence-corrected chi connectivity index (χ4v) is 2.10. The van der Waals surface area contributed by atoms with Crippen molar-refractivity contribution in [3.8, 4) is 5.75 Å². The Morgan fingerprint density at radius 1 is 1.50 bits per heavy atom. The van der Waals surface area contributed by atoms with Crippen LogP contribution in [0.4, 0.5) is 4.39 Å². The molecule has 3 nitrogen and oxygen atoms in total. The molecule has 0 unspecified atom stereocenters. The zero-order valence-electron chi connectivity index (χ0n) is 8.33. The summed E-state index contributed by atoms with van der Waals surface area (Å²) in [5.41, 5.74) is -0.576. The van der Waals surface area contributed by atoms with Crippen molar-refractivity contribution in [3.63, 3.8) is 0 Å². The molecule has 5 heteroatoms. The van der Waals surface area contributed by atoms with Gasteiger partial charge in [0.25, 0.3) is 0 Å². The van der Waals surface area contributed by atoms with Crippen molar-refractivity contribution in [2.45, 2.75) is 24.8 Å². The van der Waals surface area contributed by atoms with Crippen LogP contribution in [-0.4, -0.2) is 11.2 Å². The Kier molecular flexibility index (Phi) is 2.70. The molecule has 0 aromatic heterocycles. The van der Waals surface area contributed by atoms with Crippen LogP contribution in [0.3, 0.4) is 0 Å². The number of carbonyl (C=O) groups excluding carboxylic acids is 1. The lowest BCUT2D eigenvalue weighted by molar-refractivity contribution is 0.247. The number of rotatable bonds is 2. The summed E-state index contributed by atoms with van der Waals surface area (Å²) >= 11 is 5.60. The van der Waals surface area contributed by atoms with Gasteiger partial charge in [0.1, 0.15) is 16.3 Å². The predicted molar refractivity (Wildman–Crippen MR) is 56.7 cm³/mol. The molecule has 0 amide bonds. The van der Waals surface area contributed by atoms with Gasteiger partial charge in [-0.15, -0.1) is 0 Å². The first-order chi connectivity index (χ1) is 7.60. The van der Waals surface area contributed by atoms with Crippen molar-refractivity contribution in [1.29, 1.82) is 0 Å². The second-order valence-electron chi connectivity index (χ2n) is 3.85. The molecule has 1 aliphatic rings. The molecular formula is C11H9ClFNO2. The average Bonchev–Trinajstić information content (AvgIpc) is 2.21. The highest BCUT2D eigenvalue weighted by Gasteiger charge is 2.41. The summed E-state index contributed by atoms with van der Waals surface area (Å²) in [6.45, 7) is 0. The molecule has 0 radical (unpaired) electrons. The molecule has 16 heavy (non-hydrogen) atoms. The van der Waals surface area contributed by atoms with E-state index < -0.39 is 11.4 Å². The molecular weight excluding hydrogens is 233 g/mol. The Labute approximate surface area is 96.6 Å². The van der Waals surface area contributed by atoms with Crippen molar-refractivity contribution in [1.82, 2.24) is 0 Å². The number of phenols is 1. The zero-order chi connectivity index (χ0) is 11.8. The second-order valence-corrected chi connectivity index (χ2v) is 4.23. The molecule has 0 saturated heterocycles. The molecule has 2 rings (SSSR count). The Bertz CT molecular complexity index is 479. The van der Waals surface area contributed by atoms with Gasteiger partial charge in [0.05, 0.1) is 0 Å². The Morgan fingerprint density at radius 2 is 2.19 bits per heavy atom. The maximum absolute atomic E-state index is 13.8. The van der Waals surface area contributed by atoms with Crippen molar-refractivity contribution in [2.24, 2.45) is 4.99 Å². The molecule has 0 heterocycles. The first kappa shape index (κ1) is 11.1. The third kappa shape index (κ3) is 1.51. The second kappa shape index (κ2) is 3.89. The van der Waals surface area contributed by atoms with Gasteiger partial charge in [-0.05, 0) is 31.4 Å². The van der Waals surface area contributed by atoms with E-state index in [1.165, 1.54) is 18.2 Å². The lowest BCUT2D eigenvalue weighted by atomic mass is 9.72. The van der Waals surface area contributed by atoms with E-state index in [0.717, 1.165) is 6.42 Å². The minimum absolute atomic E-state index is 0.255. The van der Waals surface area contributed by atoms with Gasteiger partial charge in [-0.3, -0.25) is 0 Å². The number of hydrogen-bond donors (Lipinski definition) is 1. The molecule has 0 atom stereocenters. The summed E-state index contributed by atoms with van der Waals surface area (Å²) < 4.78 is 13.8. The number of hydrogen-bond acceptors (Lipinski definition) is 3. The minimum atomic E-state index is -0.830. The van der Waals surface area contributed by atoms with Gasteiger partial charge < -0.3 is 5.11 Å². The van der Waals surface area contributed by atoms with Crippen LogP contribution in [0.15, 0.2) is 17.1 Å². The van der Waals surface area contributed by atoms with Gasteiger partial charge in [0, 0.05) is 5.56 Å². The maximum Gasteiger partial charge on any atom is 0.235 e. The fraction of sp³-hybridized carbons (Fsp3) is 0.364. The monoisotopic (exact) mass is 241 g/mol. The normalized spacial score (nSPS) is 17.4. The Balaban J connectivity index is 2.55. The van der Waals surface area contributed by atoms with Crippen molar-refractivity contribution >= 4 is 17.7 Å². The summed E-state index contributed by atoms with van der Waals surface area (Å²) in [7, 11) is 0. The highest BCUT2D eigenvalue weighted by Crippen LogP contribution is 2.47. The SMILES string of the molecule is O=C=NC1(c2ccc(O)c(Cl)c2F)CCC1. The largest absolute Gasteiger partial charge is 0.506 e. The topological polar surface area (TPSA) is 49.7 Å². The maximum atomic E-state index is 13.8. The van der Waals surface area contributed by atoms with Crippen molar-refractivity contribution < 1.29 is 14.3 Å². The van der Waals surface area contributed by atoms with Crippen LogP contribution in [0, 0.1) is 5.82 Å². The molecule has 84 valence electrons. The molecule has 0 spiro atoms. The van der Waals surface area contributed by atoms with Crippen LogP contribution in [0.2, 0.25) is 5.02 Å². The summed E-state index contributed by atoms with van der Waals surface area (Å²) in [5.74, 6) is -1.02. The van der Waals surface area contributed by atoms with Crippen molar-refractivity contribution in [2.75, 3.05) is 0 Å². The van der Waals surface area contributed by atoms with E-state index in [1.54, 1.807) is 0 Å². The number of halogens is 2. The van der Waals surface area contributed by atoms with Gasteiger partial charge >= 0.3 is 0 Å². The van der Waals surface area contributed by atoms with E-state index in [2.05, 4.69) is 4.99 Å². The lowest BCUT2D eigenvalue weighted by Crippen LogP contribution is -2.33. The summed E-state index contributed by atoms with van der Waals surface area (Å²) in [6, 6.07) is 2.72. The van der Waals surface area contributed by atoms with Gasteiger partial charge in [0.2, 0.25) is 6.08 Å². The number of phenolic OH excluding ortho intramolecular Hbond substituents is 1. The van der Waals surface area contributed by atoms with Gasteiger partial charge in [0.15, 0.2) is 5.82 Å². The van der Waals surface area contributed by atoms with E-state index >= 15 is 0 Å². The quantitative estimate of drug-likeness (QED) is 0.639. The molecule has 1 aromatic carbocycles. The van der Waals surface area contributed by atoms with Gasteiger partial charge in [-0.1, -0.05) is 11.6 Å². The predicted octanol–water partition coefficient (Wildman–Crippen LogP) is 2.90. The molecule has 0 bridgehead atoms. The number of aliphatic imine (C=N–C) groups is 1. The number of aromatic hydroxyl groups is 1.